The lowest BCUT2D eigenvalue weighted by atomic mass is 9.82. The number of hydrogen-bond donors (Lipinski definition) is 1. The second kappa shape index (κ2) is 8.83. The van der Waals surface area contributed by atoms with Crippen molar-refractivity contribution in [2.45, 2.75) is 33.6 Å². The van der Waals surface area contributed by atoms with Crippen LogP contribution in [0.15, 0.2) is 45.1 Å². The zero-order chi connectivity index (χ0) is 22.9. The fourth-order valence-electron chi connectivity index (χ4n) is 3.73. The maximum absolute atomic E-state index is 13.2. The van der Waals surface area contributed by atoms with Gasteiger partial charge in [-0.05, 0) is 37.5 Å². The first-order chi connectivity index (χ1) is 14.7. The van der Waals surface area contributed by atoms with E-state index in [1.807, 2.05) is 32.9 Å². The normalized spacial score (nSPS) is 15.5. The summed E-state index contributed by atoms with van der Waals surface area (Å²) >= 11 is 0. The van der Waals surface area contributed by atoms with Gasteiger partial charge in [-0.25, -0.2) is 9.59 Å². The van der Waals surface area contributed by atoms with Crippen LogP contribution < -0.4 is 21.3 Å². The highest BCUT2D eigenvalue weighted by molar-refractivity contribution is 5.94. The van der Waals surface area contributed by atoms with Crippen LogP contribution >= 0.6 is 0 Å². The number of anilines is 1. The van der Waals surface area contributed by atoms with Crippen molar-refractivity contribution in [2.75, 3.05) is 18.5 Å². The van der Waals surface area contributed by atoms with Crippen LogP contribution in [-0.4, -0.2) is 28.3 Å². The zero-order valence-corrected chi connectivity index (χ0v) is 18.8. The van der Waals surface area contributed by atoms with Gasteiger partial charge in [-0.3, -0.25) is 13.9 Å². The Morgan fingerprint density at radius 1 is 1.13 bits per heavy atom. The number of aromatic nitrogens is 2. The van der Waals surface area contributed by atoms with Gasteiger partial charge in [0.15, 0.2) is 0 Å². The van der Waals surface area contributed by atoms with Gasteiger partial charge in [-0.2, -0.15) is 0 Å². The van der Waals surface area contributed by atoms with Crippen LogP contribution in [0.2, 0.25) is 0 Å². The predicted octanol–water partition coefficient (Wildman–Crippen LogP) is 2.51. The Morgan fingerprint density at radius 3 is 2.35 bits per heavy atom. The monoisotopic (exact) mass is 427 g/mol. The topological polar surface area (TPSA) is 91.6 Å². The zero-order valence-electron chi connectivity index (χ0n) is 18.8. The summed E-state index contributed by atoms with van der Waals surface area (Å²) in [4.78, 5) is 38.8. The third-order valence-electron chi connectivity index (χ3n) is 5.28. The van der Waals surface area contributed by atoms with E-state index < -0.39 is 23.1 Å². The summed E-state index contributed by atoms with van der Waals surface area (Å²) in [6.07, 6.45) is 0. The molecule has 166 valence electrons. The molecule has 0 aliphatic carbocycles. The largest absolute Gasteiger partial charge is 0.494 e. The van der Waals surface area contributed by atoms with E-state index in [9.17, 15) is 14.4 Å². The molecular weight excluding hydrogens is 398 g/mol. The van der Waals surface area contributed by atoms with Gasteiger partial charge in [0.25, 0.3) is 5.56 Å². The molecule has 31 heavy (non-hydrogen) atoms. The lowest BCUT2D eigenvalue weighted by molar-refractivity contribution is -0.140. The Bertz CT molecular complexity index is 1140. The molecule has 0 radical (unpaired) electrons. The number of nitrogens with one attached hydrogen (secondary N) is 1. The molecule has 1 atom stereocenters. The Morgan fingerprint density at radius 2 is 1.77 bits per heavy atom. The number of nitrogens with zero attached hydrogens (tertiary/aromatic N) is 2. The number of fused-ring (bicyclic) bond motifs is 1. The molecule has 1 aromatic heterocycles. The second-order valence-electron chi connectivity index (χ2n) is 8.06. The Hall–Kier alpha value is -3.29. The highest BCUT2D eigenvalue weighted by Gasteiger charge is 2.37. The van der Waals surface area contributed by atoms with E-state index in [0.717, 1.165) is 10.1 Å². The predicted molar refractivity (Wildman–Crippen MR) is 118 cm³/mol. The highest BCUT2D eigenvalue weighted by atomic mass is 16.5. The first-order valence-electron chi connectivity index (χ1n) is 10.3. The molecule has 0 fully saturated rings. The lowest BCUT2D eigenvalue weighted by Crippen LogP contribution is -2.43. The average Bonchev–Trinajstić information content (AvgIpc) is 2.74. The van der Waals surface area contributed by atoms with Gasteiger partial charge < -0.3 is 14.8 Å². The summed E-state index contributed by atoms with van der Waals surface area (Å²) in [5.74, 6) is 0.0749. The summed E-state index contributed by atoms with van der Waals surface area (Å²) in [5, 5.41) is 3.09. The second-order valence-corrected chi connectivity index (χ2v) is 8.06. The Labute approximate surface area is 181 Å². The molecule has 0 spiro atoms. The van der Waals surface area contributed by atoms with Crippen LogP contribution in [0.4, 0.5) is 5.82 Å². The first-order valence-corrected chi connectivity index (χ1v) is 10.3. The van der Waals surface area contributed by atoms with E-state index in [0.29, 0.717) is 35.0 Å². The molecule has 3 rings (SSSR count). The molecule has 2 aromatic rings. The van der Waals surface area contributed by atoms with Gasteiger partial charge in [0.1, 0.15) is 11.6 Å². The quantitative estimate of drug-likeness (QED) is 0.713. The summed E-state index contributed by atoms with van der Waals surface area (Å²) in [6, 6.07) is 7.27. The van der Waals surface area contributed by atoms with Gasteiger partial charge in [0, 0.05) is 19.8 Å². The first kappa shape index (κ1) is 22.4. The Balaban J connectivity index is 2.23. The third kappa shape index (κ3) is 4.15. The van der Waals surface area contributed by atoms with Crippen molar-refractivity contribution >= 4 is 11.8 Å². The van der Waals surface area contributed by atoms with Crippen molar-refractivity contribution in [2.24, 2.45) is 20.0 Å². The van der Waals surface area contributed by atoms with Gasteiger partial charge in [0.05, 0.1) is 30.3 Å². The maximum Gasteiger partial charge on any atom is 0.336 e. The number of ether oxygens (including phenoxy) is 2. The minimum absolute atomic E-state index is 0.173. The summed E-state index contributed by atoms with van der Waals surface area (Å²) in [6.45, 7) is 8.36. The SMILES string of the molecule is CCOc1ccc([C@H]2C(C(=O)OCC(C)C)=C(C)Nc3c2c(=O)n(C)c(=O)n3C)cc1. The number of carbonyl (C=O) groups is 1. The lowest BCUT2D eigenvalue weighted by Gasteiger charge is -2.31. The van der Waals surface area contributed by atoms with Crippen LogP contribution in [0, 0.1) is 5.92 Å². The van der Waals surface area contributed by atoms with Crippen LogP contribution in [0.5, 0.6) is 5.75 Å². The molecule has 8 heteroatoms. The summed E-state index contributed by atoms with van der Waals surface area (Å²) in [5.41, 5.74) is 1.07. The fraction of sp³-hybridized carbons (Fsp3) is 0.435. The molecular formula is C23H29N3O5. The van der Waals surface area contributed by atoms with Crippen LogP contribution in [0.25, 0.3) is 0 Å². The average molecular weight is 428 g/mol. The standard InChI is InChI=1S/C23H29N3O5/c1-7-30-16-10-8-15(9-11-16)18-17(22(28)31-12-13(2)3)14(4)24-20-19(18)21(27)26(6)23(29)25(20)5/h8-11,13,18,24H,7,12H2,1-6H3/t18-/m0/s1. The van der Waals surface area contributed by atoms with E-state index in [2.05, 4.69) is 5.32 Å². The van der Waals surface area contributed by atoms with Crippen molar-refractivity contribution in [3.8, 4) is 5.75 Å². The minimum Gasteiger partial charge on any atom is -0.494 e. The smallest absolute Gasteiger partial charge is 0.336 e. The number of benzene rings is 1. The molecule has 8 nitrogen and oxygen atoms in total. The molecule has 1 aliphatic rings. The molecule has 2 heterocycles. The van der Waals surface area contributed by atoms with Crippen molar-refractivity contribution in [3.63, 3.8) is 0 Å². The molecule has 0 unspecified atom stereocenters. The number of allylic oxidation sites excluding steroid dienone is 1. The third-order valence-corrected chi connectivity index (χ3v) is 5.28. The molecule has 0 saturated heterocycles. The number of hydrogen-bond acceptors (Lipinski definition) is 6. The van der Waals surface area contributed by atoms with Crippen molar-refractivity contribution in [3.05, 3.63) is 67.5 Å². The van der Waals surface area contributed by atoms with Crippen LogP contribution in [0.1, 0.15) is 44.7 Å². The molecule has 0 bridgehead atoms. The van der Waals surface area contributed by atoms with E-state index in [4.69, 9.17) is 9.47 Å². The molecule has 0 amide bonds. The Kier molecular flexibility index (Phi) is 6.38. The number of esters is 1. The molecule has 1 N–H and O–H groups in total. The van der Waals surface area contributed by atoms with E-state index >= 15 is 0 Å². The van der Waals surface area contributed by atoms with Crippen LogP contribution in [0.3, 0.4) is 0 Å². The minimum atomic E-state index is -0.683. The van der Waals surface area contributed by atoms with Gasteiger partial charge in [-0.15, -0.1) is 0 Å². The van der Waals surface area contributed by atoms with Crippen molar-refractivity contribution in [1.82, 2.24) is 9.13 Å². The van der Waals surface area contributed by atoms with Gasteiger partial charge >= 0.3 is 11.7 Å². The molecule has 1 aromatic carbocycles. The van der Waals surface area contributed by atoms with E-state index in [-0.39, 0.29) is 12.5 Å². The number of carbonyl (C=O) groups excluding carboxylic acids is 1. The van der Waals surface area contributed by atoms with Crippen LogP contribution in [-0.2, 0) is 23.6 Å². The summed E-state index contributed by atoms with van der Waals surface area (Å²) in [7, 11) is 3.03. The van der Waals surface area contributed by atoms with Crippen molar-refractivity contribution in [1.29, 1.82) is 0 Å². The van der Waals surface area contributed by atoms with Gasteiger partial charge in [-0.1, -0.05) is 26.0 Å². The maximum atomic E-state index is 13.2. The van der Waals surface area contributed by atoms with Gasteiger partial charge in [0.2, 0.25) is 0 Å². The number of rotatable bonds is 6. The molecule has 0 saturated carbocycles. The fourth-order valence-corrected chi connectivity index (χ4v) is 3.73. The molecule has 1 aliphatic heterocycles. The highest BCUT2D eigenvalue weighted by Crippen LogP contribution is 2.40. The summed E-state index contributed by atoms with van der Waals surface area (Å²) < 4.78 is 13.5. The van der Waals surface area contributed by atoms with E-state index in [1.165, 1.54) is 11.6 Å². The van der Waals surface area contributed by atoms with Crippen molar-refractivity contribution < 1.29 is 14.3 Å². The van der Waals surface area contributed by atoms with E-state index in [1.54, 1.807) is 26.1 Å².